The normalized spacial score (nSPS) is 45.8. The fourth-order valence-electron chi connectivity index (χ4n) is 7.00. The summed E-state index contributed by atoms with van der Waals surface area (Å²) in [5.41, 5.74) is 2.02. The van der Waals surface area contributed by atoms with Crippen LogP contribution in [0.4, 0.5) is 4.39 Å². The number of halogens is 2. The van der Waals surface area contributed by atoms with Gasteiger partial charge >= 0.3 is 0 Å². The number of rotatable bonds is 1. The van der Waals surface area contributed by atoms with Crippen LogP contribution in [0, 0.1) is 28.6 Å². The highest BCUT2D eigenvalue weighted by molar-refractivity contribution is 6.43. The van der Waals surface area contributed by atoms with Crippen molar-refractivity contribution in [1.82, 2.24) is 0 Å². The number of hydrogen-bond acceptors (Lipinski definition) is 2. The molecular formula is C21H28ClFO2. The summed E-state index contributed by atoms with van der Waals surface area (Å²) in [7, 11) is 0. The van der Waals surface area contributed by atoms with Gasteiger partial charge < -0.3 is 5.11 Å². The van der Waals surface area contributed by atoms with Crippen molar-refractivity contribution in [2.24, 2.45) is 28.6 Å². The molecule has 3 fully saturated rings. The molecule has 0 heterocycles. The number of ketones is 1. The highest BCUT2D eigenvalue weighted by Crippen LogP contribution is 2.67. The molecule has 4 aliphatic rings. The van der Waals surface area contributed by atoms with Gasteiger partial charge in [-0.2, -0.15) is 0 Å². The predicted octanol–water partition coefficient (Wildman–Crippen LogP) is 5.30. The molecule has 0 saturated heterocycles. The van der Waals surface area contributed by atoms with Crippen LogP contribution in [-0.2, 0) is 4.79 Å². The Morgan fingerprint density at radius 1 is 1.12 bits per heavy atom. The van der Waals surface area contributed by atoms with Crippen molar-refractivity contribution in [3.05, 3.63) is 22.0 Å². The lowest BCUT2D eigenvalue weighted by molar-refractivity contribution is -0.117. The van der Waals surface area contributed by atoms with E-state index >= 15 is 0 Å². The molecule has 1 N–H and O–H groups in total. The van der Waals surface area contributed by atoms with Crippen LogP contribution in [-0.4, -0.2) is 17.5 Å². The van der Waals surface area contributed by atoms with Crippen LogP contribution in [0.1, 0.15) is 65.2 Å². The van der Waals surface area contributed by atoms with Gasteiger partial charge in [-0.25, -0.2) is 4.39 Å². The molecule has 4 heteroatoms. The SMILES string of the molecule is C[C@]12CCC(=O)C(Cl)=C1CC[C@@H]1[C@@H]2CC[C@]2(C)C(=C(F)CO)CC[C@@H]12. The van der Waals surface area contributed by atoms with Gasteiger partial charge in [0.05, 0.1) is 11.6 Å². The summed E-state index contributed by atoms with van der Waals surface area (Å²) < 4.78 is 14.3. The number of aliphatic hydroxyl groups is 1. The van der Waals surface area contributed by atoms with E-state index in [9.17, 15) is 14.3 Å². The Kier molecular flexibility index (Phi) is 4.20. The minimum atomic E-state index is -0.464. The summed E-state index contributed by atoms with van der Waals surface area (Å²) in [6.45, 7) is 4.07. The van der Waals surface area contributed by atoms with E-state index in [0.29, 0.717) is 29.2 Å². The van der Waals surface area contributed by atoms with Crippen LogP contribution < -0.4 is 0 Å². The molecule has 0 radical (unpaired) electrons. The van der Waals surface area contributed by atoms with Gasteiger partial charge in [0, 0.05) is 6.42 Å². The van der Waals surface area contributed by atoms with Gasteiger partial charge in [0.2, 0.25) is 0 Å². The van der Waals surface area contributed by atoms with Crippen molar-refractivity contribution in [2.75, 3.05) is 6.61 Å². The number of Topliss-reactive ketones (excluding diaryl/α,β-unsaturated/α-hetero) is 1. The van der Waals surface area contributed by atoms with Gasteiger partial charge in [-0.05, 0) is 84.7 Å². The average Bonchev–Trinajstić information content (AvgIpc) is 2.95. The van der Waals surface area contributed by atoms with E-state index in [1.807, 2.05) is 0 Å². The molecule has 0 aromatic heterocycles. The summed E-state index contributed by atoms with van der Waals surface area (Å²) in [4.78, 5) is 12.1. The molecule has 2 nitrogen and oxygen atoms in total. The number of fused-ring (bicyclic) bond motifs is 5. The van der Waals surface area contributed by atoms with Gasteiger partial charge in [-0.15, -0.1) is 0 Å². The van der Waals surface area contributed by atoms with E-state index in [1.165, 1.54) is 5.57 Å². The van der Waals surface area contributed by atoms with Crippen molar-refractivity contribution in [2.45, 2.75) is 65.2 Å². The van der Waals surface area contributed by atoms with Gasteiger partial charge in [0.1, 0.15) is 5.83 Å². The number of carbonyl (C=O) groups excluding carboxylic acids is 1. The molecule has 0 amide bonds. The molecule has 0 aliphatic heterocycles. The minimum absolute atomic E-state index is 0.0389. The lowest BCUT2D eigenvalue weighted by Gasteiger charge is -2.57. The first kappa shape index (κ1) is 17.7. The highest BCUT2D eigenvalue weighted by Gasteiger charge is 2.58. The second-order valence-electron chi connectivity index (χ2n) is 9.09. The fraction of sp³-hybridized carbons (Fsp3) is 0.762. The predicted molar refractivity (Wildman–Crippen MR) is 96.7 cm³/mol. The molecule has 138 valence electrons. The van der Waals surface area contributed by atoms with E-state index in [1.54, 1.807) is 0 Å². The highest BCUT2D eigenvalue weighted by atomic mass is 35.5. The topological polar surface area (TPSA) is 37.3 Å². The quantitative estimate of drug-likeness (QED) is 0.683. The van der Waals surface area contributed by atoms with E-state index < -0.39 is 6.61 Å². The number of aliphatic hydroxyl groups excluding tert-OH is 1. The number of allylic oxidation sites excluding steroid dienone is 2. The summed E-state index contributed by atoms with van der Waals surface area (Å²) in [5, 5.41) is 9.81. The van der Waals surface area contributed by atoms with Crippen molar-refractivity contribution >= 4 is 17.4 Å². The largest absolute Gasteiger partial charge is 0.389 e. The monoisotopic (exact) mass is 366 g/mol. The second kappa shape index (κ2) is 5.92. The van der Waals surface area contributed by atoms with Gasteiger partial charge in [-0.1, -0.05) is 25.4 Å². The Labute approximate surface area is 154 Å². The first-order valence-electron chi connectivity index (χ1n) is 9.74. The molecular weight excluding hydrogens is 339 g/mol. The van der Waals surface area contributed by atoms with Crippen molar-refractivity contribution in [3.63, 3.8) is 0 Å². The molecule has 5 atom stereocenters. The summed E-state index contributed by atoms with van der Waals surface area (Å²) in [5.74, 6) is 1.44. The average molecular weight is 367 g/mol. The summed E-state index contributed by atoms with van der Waals surface area (Å²) >= 11 is 6.43. The van der Waals surface area contributed by atoms with Crippen LogP contribution >= 0.6 is 11.6 Å². The van der Waals surface area contributed by atoms with Gasteiger partial charge in [-0.3, -0.25) is 4.79 Å². The molecule has 0 unspecified atom stereocenters. The first-order valence-corrected chi connectivity index (χ1v) is 10.1. The lowest BCUT2D eigenvalue weighted by Crippen LogP contribution is -2.50. The maximum Gasteiger partial charge on any atom is 0.174 e. The Morgan fingerprint density at radius 2 is 1.84 bits per heavy atom. The Bertz CT molecular complexity index is 681. The lowest BCUT2D eigenvalue weighted by atomic mass is 9.47. The Morgan fingerprint density at radius 3 is 2.56 bits per heavy atom. The second-order valence-corrected chi connectivity index (χ2v) is 9.46. The summed E-state index contributed by atoms with van der Waals surface area (Å²) in [6, 6.07) is 0. The minimum Gasteiger partial charge on any atom is -0.389 e. The summed E-state index contributed by atoms with van der Waals surface area (Å²) in [6.07, 6.45) is 7.32. The fourth-order valence-corrected chi connectivity index (χ4v) is 7.41. The zero-order valence-electron chi connectivity index (χ0n) is 15.2. The van der Waals surface area contributed by atoms with Gasteiger partial charge in [0.25, 0.3) is 0 Å². The molecule has 0 spiro atoms. The van der Waals surface area contributed by atoms with E-state index in [-0.39, 0.29) is 22.4 Å². The molecule has 0 aromatic rings. The molecule has 25 heavy (non-hydrogen) atoms. The molecule has 0 bridgehead atoms. The van der Waals surface area contributed by atoms with Crippen LogP contribution in [0.15, 0.2) is 22.0 Å². The van der Waals surface area contributed by atoms with Crippen LogP contribution in [0.2, 0.25) is 0 Å². The standard InChI is InChI=1S/C21H28ClFO2/c1-20-9-7-14-12(13(20)5-6-15(20)17(23)11-24)3-4-16-19(22)18(25)8-10-21(14,16)2/h12-14,24H,3-11H2,1-2H3/t12-,13-,14-,20-,21+/m0/s1. The van der Waals surface area contributed by atoms with Crippen molar-refractivity contribution < 1.29 is 14.3 Å². The third-order valence-corrected chi connectivity index (χ3v) is 8.74. The number of carbonyl (C=O) groups is 1. The van der Waals surface area contributed by atoms with E-state index in [0.717, 1.165) is 50.5 Å². The smallest absolute Gasteiger partial charge is 0.174 e. The van der Waals surface area contributed by atoms with Gasteiger partial charge in [0.15, 0.2) is 5.78 Å². The molecule has 4 rings (SSSR count). The van der Waals surface area contributed by atoms with E-state index in [4.69, 9.17) is 11.6 Å². The Hall–Kier alpha value is -0.670. The maximum atomic E-state index is 14.3. The van der Waals surface area contributed by atoms with Crippen LogP contribution in [0.3, 0.4) is 0 Å². The maximum absolute atomic E-state index is 14.3. The Balaban J connectivity index is 1.71. The molecule has 3 saturated carbocycles. The van der Waals surface area contributed by atoms with Crippen LogP contribution in [0.25, 0.3) is 0 Å². The zero-order chi connectivity index (χ0) is 18.0. The third-order valence-electron chi connectivity index (χ3n) is 8.30. The zero-order valence-corrected chi connectivity index (χ0v) is 16.0. The van der Waals surface area contributed by atoms with Crippen molar-refractivity contribution in [1.29, 1.82) is 0 Å². The van der Waals surface area contributed by atoms with Crippen molar-refractivity contribution in [3.8, 4) is 0 Å². The third kappa shape index (κ3) is 2.34. The first-order chi connectivity index (χ1) is 11.8. The van der Waals surface area contributed by atoms with Crippen LogP contribution in [0.5, 0.6) is 0 Å². The molecule has 0 aromatic carbocycles. The molecule has 4 aliphatic carbocycles. The number of hydrogen-bond donors (Lipinski definition) is 1. The van der Waals surface area contributed by atoms with E-state index in [2.05, 4.69) is 13.8 Å².